The van der Waals surface area contributed by atoms with Gasteiger partial charge in [0.1, 0.15) is 0 Å². The summed E-state index contributed by atoms with van der Waals surface area (Å²) in [5.74, 6) is 0.591. The summed E-state index contributed by atoms with van der Waals surface area (Å²) in [5, 5.41) is 1.82. The van der Waals surface area contributed by atoms with Crippen LogP contribution in [0.15, 0.2) is 11.4 Å². The molecule has 7 heteroatoms. The van der Waals surface area contributed by atoms with Gasteiger partial charge < -0.3 is 9.29 Å². The van der Waals surface area contributed by atoms with E-state index in [4.69, 9.17) is 4.74 Å². The highest BCUT2D eigenvalue weighted by molar-refractivity contribution is 7.77. The molecule has 0 aliphatic heterocycles. The highest BCUT2D eigenvalue weighted by atomic mass is 32.2. The van der Waals surface area contributed by atoms with Gasteiger partial charge in [0.05, 0.1) is 6.61 Å². The van der Waals surface area contributed by atoms with Gasteiger partial charge in [-0.2, -0.15) is 4.37 Å². The van der Waals surface area contributed by atoms with Crippen LogP contribution in [0.5, 0.6) is 5.88 Å². The number of ether oxygens (including phenoxy) is 1. The van der Waals surface area contributed by atoms with E-state index in [2.05, 4.69) is 9.10 Å². The zero-order valence-electron chi connectivity index (χ0n) is 6.76. The summed E-state index contributed by atoms with van der Waals surface area (Å²) in [4.78, 5) is 0. The van der Waals surface area contributed by atoms with Crippen molar-refractivity contribution in [3.63, 3.8) is 0 Å². The maximum atomic E-state index is 10.0. The van der Waals surface area contributed by atoms with Gasteiger partial charge in [0.15, 0.2) is 0 Å². The zero-order chi connectivity index (χ0) is 9.52. The van der Waals surface area contributed by atoms with Crippen molar-refractivity contribution in [2.24, 2.45) is 0 Å². The minimum atomic E-state index is -2.17. The quantitative estimate of drug-likeness (QED) is 0.553. The number of hydrogen-bond donors (Lipinski definition) is 1. The van der Waals surface area contributed by atoms with Crippen molar-refractivity contribution in [1.29, 1.82) is 0 Å². The van der Waals surface area contributed by atoms with Crippen molar-refractivity contribution in [2.75, 3.05) is 13.2 Å². The molecular weight excluding hydrogens is 212 g/mol. The highest BCUT2D eigenvalue weighted by Gasteiger charge is 1.94. The van der Waals surface area contributed by atoms with E-state index in [0.717, 1.165) is 0 Å². The molecule has 0 amide bonds. The molecule has 1 aromatic rings. The molecule has 1 heterocycles. The van der Waals surface area contributed by atoms with Crippen molar-refractivity contribution in [2.45, 2.75) is 6.42 Å². The minimum absolute atomic E-state index is 0.389. The van der Waals surface area contributed by atoms with Crippen molar-refractivity contribution in [3.05, 3.63) is 11.4 Å². The molecule has 13 heavy (non-hydrogen) atoms. The van der Waals surface area contributed by atoms with Crippen LogP contribution >= 0.6 is 11.5 Å². The Labute approximate surface area is 82.7 Å². The van der Waals surface area contributed by atoms with Crippen molar-refractivity contribution >= 4 is 22.8 Å². The lowest BCUT2D eigenvalue weighted by Crippen LogP contribution is -2.19. The molecule has 0 spiro atoms. The highest BCUT2D eigenvalue weighted by Crippen LogP contribution is 2.08. The Hall–Kier alpha value is -0.500. The Kier molecular flexibility index (Phi) is 4.91. The van der Waals surface area contributed by atoms with E-state index in [9.17, 15) is 8.76 Å². The van der Waals surface area contributed by atoms with Gasteiger partial charge in [0.2, 0.25) is 5.88 Å². The molecule has 0 aromatic carbocycles. The second-order valence-electron chi connectivity index (χ2n) is 2.17. The van der Waals surface area contributed by atoms with Crippen LogP contribution in [0.1, 0.15) is 6.42 Å². The van der Waals surface area contributed by atoms with Crippen LogP contribution in [-0.2, 0) is 11.3 Å². The minimum Gasteiger partial charge on any atom is -0.760 e. The Morgan fingerprint density at radius 3 is 3.23 bits per heavy atom. The lowest BCUT2D eigenvalue weighted by atomic mass is 10.5. The summed E-state index contributed by atoms with van der Waals surface area (Å²) in [6, 6.07) is 1.77. The van der Waals surface area contributed by atoms with E-state index in [1.165, 1.54) is 11.5 Å². The lowest BCUT2D eigenvalue weighted by Gasteiger charge is -2.06. The fourth-order valence-electron chi connectivity index (χ4n) is 0.680. The first kappa shape index (κ1) is 10.6. The van der Waals surface area contributed by atoms with Gasteiger partial charge in [-0.05, 0) is 18.0 Å². The van der Waals surface area contributed by atoms with Crippen LogP contribution in [0.25, 0.3) is 0 Å². The van der Waals surface area contributed by atoms with Crippen molar-refractivity contribution < 1.29 is 13.5 Å². The summed E-state index contributed by atoms with van der Waals surface area (Å²) >= 11 is -0.856. The molecule has 1 rings (SSSR count). The van der Waals surface area contributed by atoms with E-state index < -0.39 is 11.3 Å². The fraction of sp³-hybridized carbons (Fsp3) is 0.500. The van der Waals surface area contributed by atoms with Crippen LogP contribution in [0.2, 0.25) is 0 Å². The molecular formula is C6H9N2O3S2-. The Morgan fingerprint density at radius 2 is 2.62 bits per heavy atom. The van der Waals surface area contributed by atoms with Gasteiger partial charge in [0, 0.05) is 29.3 Å². The first-order chi connectivity index (χ1) is 6.29. The third-order valence-electron chi connectivity index (χ3n) is 1.21. The first-order valence-electron chi connectivity index (χ1n) is 3.65. The van der Waals surface area contributed by atoms with Gasteiger partial charge >= 0.3 is 0 Å². The smallest absolute Gasteiger partial charge is 0.225 e. The molecule has 1 atom stereocenters. The van der Waals surface area contributed by atoms with Crippen LogP contribution in [0.3, 0.4) is 0 Å². The second-order valence-corrected chi connectivity index (χ2v) is 3.59. The Bertz CT molecular complexity index is 252. The molecule has 0 bridgehead atoms. The largest absolute Gasteiger partial charge is 0.760 e. The second kappa shape index (κ2) is 6.03. The van der Waals surface area contributed by atoms with E-state index in [1.807, 2.05) is 5.38 Å². The molecule has 0 radical (unpaired) electrons. The molecule has 5 nitrogen and oxygen atoms in total. The van der Waals surface area contributed by atoms with Crippen LogP contribution in [0, 0.1) is 0 Å². The van der Waals surface area contributed by atoms with Crippen molar-refractivity contribution in [3.8, 4) is 5.88 Å². The average molecular weight is 221 g/mol. The molecule has 74 valence electrons. The summed E-state index contributed by atoms with van der Waals surface area (Å²) in [6.07, 6.45) is 0.630. The number of aromatic nitrogens is 1. The molecule has 0 aliphatic rings. The predicted molar refractivity (Wildman–Crippen MR) is 49.1 cm³/mol. The van der Waals surface area contributed by atoms with Gasteiger partial charge in [-0.1, -0.05) is 0 Å². The van der Waals surface area contributed by atoms with E-state index in [1.54, 1.807) is 6.07 Å². The van der Waals surface area contributed by atoms with Crippen molar-refractivity contribution in [1.82, 2.24) is 9.10 Å². The maximum Gasteiger partial charge on any atom is 0.225 e. The molecule has 1 N–H and O–H groups in total. The number of nitrogens with one attached hydrogen (secondary N) is 1. The molecule has 0 fully saturated rings. The topological polar surface area (TPSA) is 74.3 Å². The summed E-state index contributed by atoms with van der Waals surface area (Å²) in [6.45, 7) is 0.855. The molecule has 0 saturated heterocycles. The summed E-state index contributed by atoms with van der Waals surface area (Å²) in [7, 11) is 0. The molecule has 1 aromatic heterocycles. The lowest BCUT2D eigenvalue weighted by molar-refractivity contribution is 0.303. The maximum absolute atomic E-state index is 10.0. The summed E-state index contributed by atoms with van der Waals surface area (Å²) < 4.78 is 31.4. The predicted octanol–water partition coefficient (Wildman–Crippen LogP) is 0.296. The Balaban J connectivity index is 1.99. The van der Waals surface area contributed by atoms with E-state index in [0.29, 0.717) is 25.5 Å². The van der Waals surface area contributed by atoms with Crippen LogP contribution in [-0.4, -0.2) is 26.3 Å². The van der Waals surface area contributed by atoms with E-state index in [-0.39, 0.29) is 0 Å². The average Bonchev–Trinajstić information content (AvgIpc) is 2.55. The van der Waals surface area contributed by atoms with Gasteiger partial charge in [0.25, 0.3) is 0 Å². The van der Waals surface area contributed by atoms with Gasteiger partial charge in [-0.3, -0.25) is 4.21 Å². The number of hydrogen-bond acceptors (Lipinski definition) is 5. The summed E-state index contributed by atoms with van der Waals surface area (Å²) in [5.41, 5.74) is 0. The van der Waals surface area contributed by atoms with Crippen LogP contribution in [0.4, 0.5) is 0 Å². The SMILES string of the molecule is O=S([O-])NCCCOc1ccsn1. The number of nitrogens with zero attached hydrogens (tertiary/aromatic N) is 1. The first-order valence-corrected chi connectivity index (χ1v) is 5.56. The van der Waals surface area contributed by atoms with Crippen LogP contribution < -0.4 is 9.46 Å². The fourth-order valence-corrected chi connectivity index (χ4v) is 1.45. The third kappa shape index (κ3) is 4.94. The number of rotatable bonds is 6. The van der Waals surface area contributed by atoms with E-state index >= 15 is 0 Å². The standard InChI is InChI=1S/C6H10N2O3S2/c9-13(10)7-3-1-4-11-6-2-5-12-8-6/h2,5,7H,1,3-4H2,(H,9,10)/p-1. The normalized spacial score (nSPS) is 12.7. The third-order valence-corrected chi connectivity index (χ3v) is 2.19. The molecule has 0 saturated carbocycles. The zero-order valence-corrected chi connectivity index (χ0v) is 8.40. The van der Waals surface area contributed by atoms with Gasteiger partial charge in [-0.15, -0.1) is 0 Å². The van der Waals surface area contributed by atoms with Gasteiger partial charge in [-0.25, -0.2) is 4.72 Å². The monoisotopic (exact) mass is 221 g/mol. The Morgan fingerprint density at radius 1 is 1.77 bits per heavy atom. The molecule has 0 aliphatic carbocycles. The molecule has 1 unspecified atom stereocenters.